The van der Waals surface area contributed by atoms with Crippen LogP contribution in [-0.2, 0) is 12.8 Å². The third-order valence-electron chi connectivity index (χ3n) is 1.55. The molecule has 0 spiro atoms. The van der Waals surface area contributed by atoms with Crippen molar-refractivity contribution in [1.29, 1.82) is 0 Å². The van der Waals surface area contributed by atoms with Crippen molar-refractivity contribution in [2.24, 2.45) is 0 Å². The van der Waals surface area contributed by atoms with Gasteiger partial charge in [-0.3, -0.25) is 0 Å². The van der Waals surface area contributed by atoms with Gasteiger partial charge in [0.1, 0.15) is 0 Å². The number of aromatic amines is 1. The van der Waals surface area contributed by atoms with Crippen molar-refractivity contribution in [2.75, 3.05) is 0 Å². The molecule has 0 aliphatic heterocycles. The third kappa shape index (κ3) is 0.669. The zero-order valence-corrected chi connectivity index (χ0v) is 5.02. The van der Waals surface area contributed by atoms with Gasteiger partial charge in [-0.05, 0) is 0 Å². The first-order valence-electron chi connectivity index (χ1n) is 3.05. The molecule has 1 N–H and O–H groups in total. The lowest BCUT2D eigenvalue weighted by Gasteiger charge is -2.00. The minimum Gasteiger partial charge on any atom is -0.339 e. The topological polar surface area (TPSA) is 28.7 Å². The lowest BCUT2D eigenvalue weighted by atomic mass is 10.1. The van der Waals surface area contributed by atoms with E-state index < -0.39 is 0 Å². The Morgan fingerprint density at radius 1 is 1.44 bits per heavy atom. The largest absolute Gasteiger partial charge is 0.339 e. The predicted octanol–water partition coefficient (Wildman–Crippen LogP) is 0.865. The summed E-state index contributed by atoms with van der Waals surface area (Å²) in [6.45, 7) is 0. The summed E-state index contributed by atoms with van der Waals surface area (Å²) in [7, 11) is 0. The molecule has 2 heteroatoms. The van der Waals surface area contributed by atoms with Crippen molar-refractivity contribution in [3.8, 4) is 0 Å². The van der Waals surface area contributed by atoms with Gasteiger partial charge in [0.2, 0.25) is 0 Å². The second kappa shape index (κ2) is 1.72. The van der Waals surface area contributed by atoms with E-state index in [2.05, 4.69) is 28.4 Å². The number of aromatic nitrogens is 2. The van der Waals surface area contributed by atoms with Gasteiger partial charge in [0, 0.05) is 18.5 Å². The van der Waals surface area contributed by atoms with Crippen LogP contribution in [0, 0.1) is 6.33 Å². The fraction of sp³-hybridized carbons (Fsp3) is 0.286. The van der Waals surface area contributed by atoms with E-state index in [9.17, 15) is 0 Å². The predicted molar refractivity (Wildman–Crippen MR) is 34.0 cm³/mol. The third-order valence-corrected chi connectivity index (χ3v) is 1.55. The highest BCUT2D eigenvalue weighted by Gasteiger charge is 2.05. The molecule has 0 saturated heterocycles. The molecule has 0 fully saturated rings. The molecule has 0 atom stereocenters. The van der Waals surface area contributed by atoms with Gasteiger partial charge >= 0.3 is 0 Å². The summed E-state index contributed by atoms with van der Waals surface area (Å²) < 4.78 is 0. The van der Waals surface area contributed by atoms with Crippen LogP contribution in [0.25, 0.3) is 0 Å². The van der Waals surface area contributed by atoms with E-state index in [1.54, 1.807) is 0 Å². The number of rotatable bonds is 0. The molecule has 1 aromatic rings. The molecule has 0 aromatic carbocycles. The van der Waals surface area contributed by atoms with Crippen molar-refractivity contribution < 1.29 is 0 Å². The fourth-order valence-corrected chi connectivity index (χ4v) is 1.04. The fourth-order valence-electron chi connectivity index (χ4n) is 1.04. The van der Waals surface area contributed by atoms with Crippen LogP contribution >= 0.6 is 0 Å². The molecule has 1 heterocycles. The average Bonchev–Trinajstić information content (AvgIpc) is 2.33. The number of imidazole rings is 1. The standard InChI is InChI=1S/C7H7N2/c1-2-4-7-6(3-1)8-5-9-7/h1-2H,3-4H2,(H,8,9). The van der Waals surface area contributed by atoms with E-state index >= 15 is 0 Å². The molecular weight excluding hydrogens is 112 g/mol. The van der Waals surface area contributed by atoms with Gasteiger partial charge in [0.15, 0.2) is 6.33 Å². The molecule has 45 valence electrons. The van der Waals surface area contributed by atoms with Crippen molar-refractivity contribution >= 4 is 0 Å². The Balaban J connectivity index is 2.46. The van der Waals surface area contributed by atoms with E-state index in [4.69, 9.17) is 0 Å². The number of hydrogen-bond donors (Lipinski definition) is 1. The Morgan fingerprint density at radius 2 is 2.33 bits per heavy atom. The summed E-state index contributed by atoms with van der Waals surface area (Å²) >= 11 is 0. The van der Waals surface area contributed by atoms with Crippen LogP contribution in [0.3, 0.4) is 0 Å². The van der Waals surface area contributed by atoms with Crippen LogP contribution < -0.4 is 0 Å². The summed E-state index contributed by atoms with van der Waals surface area (Å²) in [5.74, 6) is 0. The molecule has 0 bridgehead atoms. The molecule has 1 aliphatic rings. The van der Waals surface area contributed by atoms with Crippen LogP contribution in [-0.4, -0.2) is 9.97 Å². The lowest BCUT2D eigenvalue weighted by molar-refractivity contribution is 1.02. The minimum absolute atomic E-state index is 0.968. The molecule has 1 aromatic heterocycles. The molecule has 1 radical (unpaired) electrons. The molecule has 2 rings (SSSR count). The summed E-state index contributed by atoms with van der Waals surface area (Å²) in [6, 6.07) is 0. The van der Waals surface area contributed by atoms with Gasteiger partial charge in [-0.15, -0.1) is 0 Å². The Kier molecular flexibility index (Phi) is 0.918. The summed E-state index contributed by atoms with van der Waals surface area (Å²) in [6.07, 6.45) is 8.97. The SMILES string of the molecule is [c]1nc2c([nH]1)CC=CC2. The first kappa shape index (κ1) is 4.79. The Morgan fingerprint density at radius 3 is 3.22 bits per heavy atom. The van der Waals surface area contributed by atoms with Crippen molar-refractivity contribution in [1.82, 2.24) is 9.97 Å². The van der Waals surface area contributed by atoms with E-state index in [-0.39, 0.29) is 0 Å². The van der Waals surface area contributed by atoms with Crippen molar-refractivity contribution in [3.05, 3.63) is 29.9 Å². The zero-order chi connectivity index (χ0) is 6.10. The maximum atomic E-state index is 4.02. The molecule has 1 aliphatic carbocycles. The Labute approximate surface area is 53.6 Å². The zero-order valence-electron chi connectivity index (χ0n) is 5.02. The quantitative estimate of drug-likeness (QED) is 0.504. The number of hydrogen-bond acceptors (Lipinski definition) is 1. The summed E-state index contributed by atoms with van der Waals surface area (Å²) in [4.78, 5) is 7.00. The van der Waals surface area contributed by atoms with Crippen LogP contribution in [0.15, 0.2) is 12.2 Å². The van der Waals surface area contributed by atoms with Crippen LogP contribution in [0.5, 0.6) is 0 Å². The maximum Gasteiger partial charge on any atom is 0.174 e. The normalized spacial score (nSPS) is 15.6. The first-order chi connectivity index (χ1) is 4.47. The lowest BCUT2D eigenvalue weighted by Crippen LogP contribution is -1.94. The highest BCUT2D eigenvalue weighted by atomic mass is 14.9. The molecule has 0 amide bonds. The molecule has 0 saturated carbocycles. The van der Waals surface area contributed by atoms with Gasteiger partial charge in [0.05, 0.1) is 5.69 Å². The smallest absolute Gasteiger partial charge is 0.174 e. The van der Waals surface area contributed by atoms with Gasteiger partial charge < -0.3 is 4.98 Å². The van der Waals surface area contributed by atoms with Crippen molar-refractivity contribution in [3.63, 3.8) is 0 Å². The summed E-state index contributed by atoms with van der Waals surface area (Å²) in [5.41, 5.74) is 2.37. The number of nitrogens with zero attached hydrogens (tertiary/aromatic N) is 1. The summed E-state index contributed by atoms with van der Waals surface area (Å²) in [5, 5.41) is 0. The van der Waals surface area contributed by atoms with Crippen LogP contribution in [0.1, 0.15) is 11.4 Å². The van der Waals surface area contributed by atoms with E-state index in [0.29, 0.717) is 0 Å². The minimum atomic E-state index is 0.968. The second-order valence-corrected chi connectivity index (χ2v) is 2.15. The van der Waals surface area contributed by atoms with E-state index in [0.717, 1.165) is 18.5 Å². The highest BCUT2D eigenvalue weighted by molar-refractivity contribution is 5.21. The van der Waals surface area contributed by atoms with Crippen LogP contribution in [0.4, 0.5) is 0 Å². The van der Waals surface area contributed by atoms with Gasteiger partial charge in [0.25, 0.3) is 0 Å². The van der Waals surface area contributed by atoms with Gasteiger partial charge in [-0.25, -0.2) is 4.98 Å². The van der Waals surface area contributed by atoms with Gasteiger partial charge in [-0.2, -0.15) is 0 Å². The molecule has 2 nitrogen and oxygen atoms in total. The Bertz CT molecular complexity index is 212. The van der Waals surface area contributed by atoms with Crippen LogP contribution in [0.2, 0.25) is 0 Å². The molecule has 0 unspecified atom stereocenters. The first-order valence-corrected chi connectivity index (χ1v) is 3.05. The van der Waals surface area contributed by atoms with Gasteiger partial charge in [-0.1, -0.05) is 12.2 Å². The number of allylic oxidation sites excluding steroid dienone is 2. The average molecular weight is 119 g/mol. The number of H-pyrrole nitrogens is 1. The second-order valence-electron chi connectivity index (χ2n) is 2.15. The molecule has 9 heavy (non-hydrogen) atoms. The number of nitrogens with one attached hydrogen (secondary N) is 1. The monoisotopic (exact) mass is 119 g/mol. The Hall–Kier alpha value is -1.05. The van der Waals surface area contributed by atoms with Crippen molar-refractivity contribution in [2.45, 2.75) is 12.8 Å². The van der Waals surface area contributed by atoms with E-state index in [1.165, 1.54) is 5.69 Å². The number of fused-ring (bicyclic) bond motifs is 1. The molecular formula is C7H7N2. The maximum absolute atomic E-state index is 4.02. The van der Waals surface area contributed by atoms with E-state index in [1.807, 2.05) is 0 Å². The highest BCUT2D eigenvalue weighted by Crippen LogP contribution is 2.09.